The number of rotatable bonds is 3. The van der Waals surface area contributed by atoms with Gasteiger partial charge in [-0.05, 0) is 40.8 Å². The van der Waals surface area contributed by atoms with Gasteiger partial charge in [0.15, 0.2) is 16.5 Å². The van der Waals surface area contributed by atoms with Gasteiger partial charge in [-0.25, -0.2) is 13.6 Å². The summed E-state index contributed by atoms with van der Waals surface area (Å²) < 4.78 is 89.8. The van der Waals surface area contributed by atoms with E-state index in [-0.39, 0.29) is 0 Å². The molecule has 0 unspecified atom stereocenters. The lowest BCUT2D eigenvalue weighted by molar-refractivity contribution is 0.0713. The Morgan fingerprint density at radius 2 is 1.56 bits per heavy atom. The molecule has 6 nitrogen and oxygen atoms in total. The molecule has 0 aliphatic heterocycles. The summed E-state index contributed by atoms with van der Waals surface area (Å²) in [5.41, 5.74) is -0.570. The van der Waals surface area contributed by atoms with Crippen molar-refractivity contribution in [1.82, 2.24) is 0 Å². The Hall–Kier alpha value is -1.93. The fraction of sp³-hybridized carbons (Fsp3) is 0. The first-order valence-corrected chi connectivity index (χ1v) is 8.51. The number of halogens is 5. The van der Waals surface area contributed by atoms with Gasteiger partial charge in [0.1, 0.15) is 11.3 Å². The first-order valence-electron chi connectivity index (χ1n) is 5.99. The molecule has 0 spiro atoms. The second-order valence-corrected chi connectivity index (χ2v) is 7.04. The van der Waals surface area contributed by atoms with Crippen LogP contribution in [0, 0.1) is 26.8 Å². The number of ether oxygens (including phenoxy) is 1. The Labute approximate surface area is 150 Å². The number of carbonyl (C=O) groups is 1. The minimum Gasteiger partial charge on any atom is -0.507 e. The monoisotopic (exact) mass is 492 g/mol. The average molecular weight is 492 g/mol. The zero-order chi connectivity index (χ0) is 19.1. The number of benzene rings is 2. The number of aromatic hydroxyl groups is 1. The van der Waals surface area contributed by atoms with Gasteiger partial charge < -0.3 is 9.84 Å². The van der Waals surface area contributed by atoms with Crippen LogP contribution in [0.4, 0.5) is 17.6 Å². The van der Waals surface area contributed by atoms with Crippen molar-refractivity contribution in [2.75, 3.05) is 0 Å². The normalized spacial score (nSPS) is 11.4. The zero-order valence-corrected chi connectivity index (χ0v) is 14.5. The van der Waals surface area contributed by atoms with Crippen molar-refractivity contribution in [3.63, 3.8) is 0 Å². The van der Waals surface area contributed by atoms with Crippen LogP contribution >= 0.6 is 22.6 Å². The molecule has 2 N–H and O–H groups in total. The zero-order valence-electron chi connectivity index (χ0n) is 11.6. The molecule has 2 rings (SSSR count). The number of phenols is 1. The van der Waals surface area contributed by atoms with Crippen molar-refractivity contribution in [2.45, 2.75) is 4.90 Å². The highest BCUT2D eigenvalue weighted by molar-refractivity contribution is 14.1. The van der Waals surface area contributed by atoms with Crippen LogP contribution in [0.3, 0.4) is 0 Å². The minimum atomic E-state index is -5.63. The van der Waals surface area contributed by atoms with E-state index in [1.807, 2.05) is 0 Å². The number of esters is 1. The van der Waals surface area contributed by atoms with E-state index in [1.165, 1.54) is 6.07 Å². The summed E-state index contributed by atoms with van der Waals surface area (Å²) in [6.07, 6.45) is 0. The number of phenolic OH excluding ortho intramolecular Hbond substituents is 1. The van der Waals surface area contributed by atoms with E-state index in [1.54, 1.807) is 22.6 Å². The van der Waals surface area contributed by atoms with E-state index in [0.717, 1.165) is 12.1 Å². The maximum absolute atomic E-state index is 13.8. The van der Waals surface area contributed by atoms with Gasteiger partial charge >= 0.3 is 16.1 Å². The molecule has 0 heterocycles. The van der Waals surface area contributed by atoms with Crippen LogP contribution < -0.4 is 4.74 Å². The highest BCUT2D eigenvalue weighted by Gasteiger charge is 2.34. The van der Waals surface area contributed by atoms with E-state index in [4.69, 9.17) is 4.55 Å². The van der Waals surface area contributed by atoms with Crippen molar-refractivity contribution in [1.29, 1.82) is 0 Å². The summed E-state index contributed by atoms with van der Waals surface area (Å²) >= 11 is 1.79. The predicted molar refractivity (Wildman–Crippen MR) is 81.9 cm³/mol. The summed E-state index contributed by atoms with van der Waals surface area (Å²) in [6, 6.07) is 3.45. The van der Waals surface area contributed by atoms with Gasteiger partial charge in [0.2, 0.25) is 17.4 Å². The van der Waals surface area contributed by atoms with E-state index >= 15 is 0 Å². The van der Waals surface area contributed by atoms with Crippen molar-refractivity contribution in [2.24, 2.45) is 0 Å². The highest BCUT2D eigenvalue weighted by atomic mass is 127. The summed E-state index contributed by atoms with van der Waals surface area (Å²) in [7, 11) is -5.63. The molecule has 0 saturated heterocycles. The van der Waals surface area contributed by atoms with E-state index < -0.39 is 61.3 Å². The van der Waals surface area contributed by atoms with Crippen LogP contribution in [0.5, 0.6) is 11.5 Å². The number of carbonyl (C=O) groups excluding carboxylic acids is 1. The molecule has 12 heteroatoms. The third-order valence-electron chi connectivity index (χ3n) is 2.82. The Morgan fingerprint density at radius 3 is 2.00 bits per heavy atom. The maximum atomic E-state index is 13.8. The molecule has 25 heavy (non-hydrogen) atoms. The Morgan fingerprint density at radius 1 is 1.04 bits per heavy atom. The fourth-order valence-corrected chi connectivity index (χ4v) is 2.84. The third-order valence-corrected chi connectivity index (χ3v) is 4.36. The van der Waals surface area contributed by atoms with Gasteiger partial charge in [-0.3, -0.25) is 4.55 Å². The molecule has 134 valence electrons. The maximum Gasteiger partial charge on any atom is 0.347 e. The van der Waals surface area contributed by atoms with Gasteiger partial charge in [-0.2, -0.15) is 17.2 Å². The lowest BCUT2D eigenvalue weighted by atomic mass is 10.2. The van der Waals surface area contributed by atoms with Crippen LogP contribution in [0.2, 0.25) is 0 Å². The van der Waals surface area contributed by atoms with Crippen LogP contribution in [0.25, 0.3) is 0 Å². The molecular formula is C13H5F4IO6S. The van der Waals surface area contributed by atoms with E-state index in [2.05, 4.69) is 4.74 Å². The van der Waals surface area contributed by atoms with Gasteiger partial charge in [0, 0.05) is 3.57 Å². The molecule has 2 aromatic rings. The molecule has 2 aromatic carbocycles. The first kappa shape index (κ1) is 19.4. The van der Waals surface area contributed by atoms with Gasteiger partial charge in [0.05, 0.1) is 0 Å². The van der Waals surface area contributed by atoms with Crippen LogP contribution in [-0.2, 0) is 10.1 Å². The molecule has 0 radical (unpaired) electrons. The van der Waals surface area contributed by atoms with Crippen molar-refractivity contribution in [3.8, 4) is 11.5 Å². The van der Waals surface area contributed by atoms with E-state index in [0.29, 0.717) is 3.57 Å². The molecule has 0 aromatic heterocycles. The van der Waals surface area contributed by atoms with Crippen molar-refractivity contribution < 1.29 is 45.2 Å². The molecule has 0 aliphatic rings. The number of hydrogen-bond donors (Lipinski definition) is 2. The molecule has 0 bridgehead atoms. The van der Waals surface area contributed by atoms with Crippen LogP contribution in [-0.4, -0.2) is 24.0 Å². The molecule has 0 fully saturated rings. The standard InChI is InChI=1S/C13H5F4IO6S/c14-7-9(16)12(25(21,22)23)10(17)8(15)11(7)24-13(20)5-2-1-4(18)3-6(5)19/h1-3,19H,(H,21,22,23). The SMILES string of the molecule is O=C(Oc1c(F)c(F)c(S(=O)(=O)O)c(F)c1F)c1ccc(I)cc1O. The largest absolute Gasteiger partial charge is 0.507 e. The van der Waals surface area contributed by atoms with Crippen molar-refractivity contribution in [3.05, 3.63) is 50.6 Å². The fourth-order valence-electron chi connectivity index (χ4n) is 1.73. The van der Waals surface area contributed by atoms with Crippen LogP contribution in [0.1, 0.15) is 10.4 Å². The topological polar surface area (TPSA) is 101 Å². The predicted octanol–water partition coefficient (Wildman–Crippen LogP) is 3.02. The van der Waals surface area contributed by atoms with Gasteiger partial charge in [0.25, 0.3) is 0 Å². The molecule has 0 aliphatic carbocycles. The summed E-state index contributed by atoms with van der Waals surface area (Å²) in [4.78, 5) is 9.56. The lowest BCUT2D eigenvalue weighted by Gasteiger charge is -2.11. The third kappa shape index (κ3) is 3.69. The van der Waals surface area contributed by atoms with E-state index in [9.17, 15) is 35.9 Å². The van der Waals surface area contributed by atoms with Gasteiger partial charge in [-0.1, -0.05) is 0 Å². The smallest absolute Gasteiger partial charge is 0.347 e. The van der Waals surface area contributed by atoms with Gasteiger partial charge in [-0.15, -0.1) is 0 Å². The molecule has 0 atom stereocenters. The first-order chi connectivity index (χ1) is 11.4. The van der Waals surface area contributed by atoms with Crippen LogP contribution in [0.15, 0.2) is 23.1 Å². The average Bonchev–Trinajstić information content (AvgIpc) is 2.48. The second kappa shape index (κ2) is 6.76. The molecular weight excluding hydrogens is 487 g/mol. The lowest BCUT2D eigenvalue weighted by Crippen LogP contribution is -2.16. The highest BCUT2D eigenvalue weighted by Crippen LogP contribution is 2.33. The summed E-state index contributed by atoms with van der Waals surface area (Å²) in [5, 5.41) is 9.58. The Balaban J connectivity index is 2.56. The molecule has 0 amide bonds. The Bertz CT molecular complexity index is 963. The minimum absolute atomic E-state index is 0.499. The van der Waals surface area contributed by atoms with Crippen molar-refractivity contribution >= 4 is 38.7 Å². The quantitative estimate of drug-likeness (QED) is 0.171. The number of hydrogen-bond acceptors (Lipinski definition) is 5. The molecule has 0 saturated carbocycles. The second-order valence-electron chi connectivity index (χ2n) is 4.44. The Kier molecular flexibility index (Phi) is 5.24. The summed E-state index contributed by atoms with van der Waals surface area (Å²) in [6.45, 7) is 0. The summed E-state index contributed by atoms with van der Waals surface area (Å²) in [5.74, 6) is -13.7.